The molecule has 0 saturated heterocycles. The summed E-state index contributed by atoms with van der Waals surface area (Å²) in [4.78, 5) is 0. The van der Waals surface area contributed by atoms with Gasteiger partial charge in [0.05, 0.1) is 17.0 Å². The quantitative estimate of drug-likeness (QED) is 0.578. The van der Waals surface area contributed by atoms with Crippen molar-refractivity contribution in [1.82, 2.24) is 0 Å². The van der Waals surface area contributed by atoms with E-state index in [0.717, 1.165) is 22.2 Å². The van der Waals surface area contributed by atoms with Crippen LogP contribution in [-0.2, 0) is 0 Å². The van der Waals surface area contributed by atoms with Gasteiger partial charge in [-0.3, -0.25) is 0 Å². The number of methoxy groups -OCH3 is 1. The standard InChI is InChI=1S/C15H19BrCl2O/c1-15(2)6-4-5-11(15)13(18)10-7-9(17)8-12(16)14(10)19-3/h7-8,11,13H,4-6H2,1-3H3. The molecule has 1 aromatic carbocycles. The second-order valence-electron chi connectivity index (χ2n) is 5.90. The van der Waals surface area contributed by atoms with Gasteiger partial charge in [0.2, 0.25) is 0 Å². The highest BCUT2D eigenvalue weighted by atomic mass is 79.9. The molecule has 1 aliphatic carbocycles. The molecule has 2 unspecified atom stereocenters. The Bertz CT molecular complexity index is 473. The molecule has 19 heavy (non-hydrogen) atoms. The fourth-order valence-corrected chi connectivity index (χ4v) is 4.74. The molecule has 1 nitrogen and oxygen atoms in total. The smallest absolute Gasteiger partial charge is 0.137 e. The predicted molar refractivity (Wildman–Crippen MR) is 85.4 cm³/mol. The van der Waals surface area contributed by atoms with Crippen molar-refractivity contribution in [3.63, 3.8) is 0 Å². The maximum atomic E-state index is 6.77. The Hall–Kier alpha value is 0.0800. The van der Waals surface area contributed by atoms with Crippen molar-refractivity contribution >= 4 is 39.1 Å². The maximum Gasteiger partial charge on any atom is 0.137 e. The van der Waals surface area contributed by atoms with Crippen LogP contribution in [0.4, 0.5) is 0 Å². The summed E-state index contributed by atoms with van der Waals surface area (Å²) in [5.74, 6) is 1.25. The summed E-state index contributed by atoms with van der Waals surface area (Å²) in [5, 5.41) is 0.617. The fraction of sp³-hybridized carbons (Fsp3) is 0.600. The molecule has 4 heteroatoms. The van der Waals surface area contributed by atoms with Gasteiger partial charge in [-0.1, -0.05) is 31.9 Å². The molecule has 106 valence electrons. The van der Waals surface area contributed by atoms with Gasteiger partial charge < -0.3 is 4.74 Å². The molecular formula is C15H19BrCl2O. The Balaban J connectivity index is 2.41. The Kier molecular flexibility index (Phi) is 4.75. The number of benzene rings is 1. The highest BCUT2D eigenvalue weighted by molar-refractivity contribution is 9.10. The van der Waals surface area contributed by atoms with Gasteiger partial charge in [0.1, 0.15) is 5.75 Å². The molecule has 0 radical (unpaired) electrons. The molecule has 1 aromatic rings. The lowest BCUT2D eigenvalue weighted by molar-refractivity contribution is 0.249. The molecule has 0 amide bonds. The molecule has 1 saturated carbocycles. The number of halogens is 3. The normalized spacial score (nSPS) is 23.4. The third-order valence-corrected chi connectivity index (χ3v) is 5.58. The van der Waals surface area contributed by atoms with Gasteiger partial charge in [-0.15, -0.1) is 11.6 Å². The minimum atomic E-state index is -0.0672. The average molecular weight is 366 g/mol. The van der Waals surface area contributed by atoms with Gasteiger partial charge in [-0.25, -0.2) is 0 Å². The lowest BCUT2D eigenvalue weighted by Gasteiger charge is -2.31. The number of hydrogen-bond donors (Lipinski definition) is 0. The first-order chi connectivity index (χ1) is 8.86. The third-order valence-electron chi connectivity index (χ3n) is 4.23. The van der Waals surface area contributed by atoms with Crippen LogP contribution in [0.5, 0.6) is 5.75 Å². The molecule has 0 bridgehead atoms. The lowest BCUT2D eigenvalue weighted by atomic mass is 9.78. The van der Waals surface area contributed by atoms with Crippen molar-refractivity contribution in [1.29, 1.82) is 0 Å². The van der Waals surface area contributed by atoms with E-state index < -0.39 is 0 Å². The Labute approximate surface area is 133 Å². The van der Waals surface area contributed by atoms with Crippen molar-refractivity contribution in [2.45, 2.75) is 38.5 Å². The first-order valence-corrected chi connectivity index (χ1v) is 8.14. The van der Waals surface area contributed by atoms with E-state index in [1.807, 2.05) is 12.1 Å². The van der Waals surface area contributed by atoms with E-state index >= 15 is 0 Å². The molecule has 1 aliphatic rings. The minimum absolute atomic E-state index is 0.0672. The summed E-state index contributed by atoms with van der Waals surface area (Å²) in [7, 11) is 1.67. The summed E-state index contributed by atoms with van der Waals surface area (Å²) >= 11 is 16.4. The van der Waals surface area contributed by atoms with Crippen LogP contribution in [0.1, 0.15) is 44.1 Å². The first-order valence-electron chi connectivity index (χ1n) is 6.54. The van der Waals surface area contributed by atoms with Crippen LogP contribution in [0, 0.1) is 11.3 Å². The van der Waals surface area contributed by atoms with Crippen LogP contribution in [0.2, 0.25) is 5.02 Å². The molecule has 2 rings (SSSR count). The zero-order valence-electron chi connectivity index (χ0n) is 11.5. The SMILES string of the molecule is COc1c(Br)cc(Cl)cc1C(Cl)C1CCCC1(C)C. The second-order valence-corrected chi connectivity index (χ2v) is 7.66. The molecular weight excluding hydrogens is 347 g/mol. The van der Waals surface area contributed by atoms with E-state index in [-0.39, 0.29) is 10.8 Å². The van der Waals surface area contributed by atoms with Gasteiger partial charge in [0.15, 0.2) is 0 Å². The van der Waals surface area contributed by atoms with Crippen molar-refractivity contribution in [3.05, 3.63) is 27.2 Å². The van der Waals surface area contributed by atoms with E-state index in [9.17, 15) is 0 Å². The van der Waals surface area contributed by atoms with Crippen molar-refractivity contribution in [2.24, 2.45) is 11.3 Å². The van der Waals surface area contributed by atoms with E-state index in [4.69, 9.17) is 27.9 Å². The first kappa shape index (κ1) is 15.5. The van der Waals surface area contributed by atoms with Crippen LogP contribution < -0.4 is 4.74 Å². The molecule has 2 atom stereocenters. The van der Waals surface area contributed by atoms with Crippen molar-refractivity contribution < 1.29 is 4.74 Å². The van der Waals surface area contributed by atoms with Crippen molar-refractivity contribution in [2.75, 3.05) is 7.11 Å². The number of ether oxygens (including phenoxy) is 1. The molecule has 0 N–H and O–H groups in total. The summed E-state index contributed by atoms with van der Waals surface area (Å²) < 4.78 is 6.35. The topological polar surface area (TPSA) is 9.23 Å². The fourth-order valence-electron chi connectivity index (χ4n) is 3.11. The summed E-state index contributed by atoms with van der Waals surface area (Å²) in [6.45, 7) is 4.60. The summed E-state index contributed by atoms with van der Waals surface area (Å²) in [5.41, 5.74) is 1.26. The third kappa shape index (κ3) is 3.06. The van der Waals surface area contributed by atoms with Crippen LogP contribution >= 0.6 is 39.1 Å². The van der Waals surface area contributed by atoms with E-state index in [1.165, 1.54) is 12.8 Å². The highest BCUT2D eigenvalue weighted by Crippen LogP contribution is 2.53. The monoisotopic (exact) mass is 364 g/mol. The van der Waals surface area contributed by atoms with Gasteiger partial charge in [0.25, 0.3) is 0 Å². The van der Waals surface area contributed by atoms with Gasteiger partial charge >= 0.3 is 0 Å². The minimum Gasteiger partial charge on any atom is -0.495 e. The number of hydrogen-bond acceptors (Lipinski definition) is 1. The number of rotatable bonds is 3. The highest BCUT2D eigenvalue weighted by Gasteiger charge is 2.40. The Morgan fingerprint density at radius 2 is 2.11 bits per heavy atom. The number of alkyl halides is 1. The lowest BCUT2D eigenvalue weighted by Crippen LogP contribution is -2.22. The van der Waals surface area contributed by atoms with Gasteiger partial charge in [-0.05, 0) is 52.2 Å². The van der Waals surface area contributed by atoms with Crippen LogP contribution in [0.15, 0.2) is 16.6 Å². The molecule has 0 heterocycles. The maximum absolute atomic E-state index is 6.77. The van der Waals surface area contributed by atoms with Crippen LogP contribution in [-0.4, -0.2) is 7.11 Å². The largest absolute Gasteiger partial charge is 0.495 e. The van der Waals surface area contributed by atoms with E-state index in [1.54, 1.807) is 7.11 Å². The van der Waals surface area contributed by atoms with Gasteiger partial charge in [0, 0.05) is 10.6 Å². The average Bonchev–Trinajstić information content (AvgIpc) is 2.67. The zero-order chi connectivity index (χ0) is 14.2. The predicted octanol–water partition coefficient (Wildman–Crippen LogP) is 6.22. The van der Waals surface area contributed by atoms with E-state index in [2.05, 4.69) is 29.8 Å². The molecule has 0 aromatic heterocycles. The van der Waals surface area contributed by atoms with Crippen LogP contribution in [0.3, 0.4) is 0 Å². The second kappa shape index (κ2) is 5.83. The molecule has 1 fully saturated rings. The Morgan fingerprint density at radius 1 is 1.42 bits per heavy atom. The van der Waals surface area contributed by atoms with Gasteiger partial charge in [-0.2, -0.15) is 0 Å². The van der Waals surface area contributed by atoms with Crippen molar-refractivity contribution in [3.8, 4) is 5.75 Å². The summed E-state index contributed by atoms with van der Waals surface area (Å²) in [6, 6.07) is 3.77. The Morgan fingerprint density at radius 3 is 2.63 bits per heavy atom. The summed E-state index contributed by atoms with van der Waals surface area (Å²) in [6.07, 6.45) is 3.63. The zero-order valence-corrected chi connectivity index (χ0v) is 14.6. The van der Waals surface area contributed by atoms with Crippen LogP contribution in [0.25, 0.3) is 0 Å². The molecule has 0 aliphatic heterocycles. The van der Waals surface area contributed by atoms with E-state index in [0.29, 0.717) is 10.9 Å². The molecule has 0 spiro atoms.